The van der Waals surface area contributed by atoms with Crippen molar-refractivity contribution in [2.45, 2.75) is 443 Å². The lowest BCUT2D eigenvalue weighted by atomic mass is 9.94. The maximum Gasteiger partial charge on any atom is 0.408 e. The molecular weight excluding hydrogens is 1660 g/mol. The van der Waals surface area contributed by atoms with Gasteiger partial charge in [0.05, 0.1) is 7.11 Å². The quantitative estimate of drug-likeness (QED) is 0.0256. The van der Waals surface area contributed by atoms with E-state index in [1.807, 2.05) is 111 Å². The highest BCUT2D eigenvalue weighted by molar-refractivity contribution is 5.96. The largest absolute Gasteiger partial charge is 0.469 e. The van der Waals surface area contributed by atoms with Gasteiger partial charge in [-0.3, -0.25) is 76.7 Å². The van der Waals surface area contributed by atoms with E-state index in [1.54, 1.807) is 132 Å². The molecule has 0 heterocycles. The summed E-state index contributed by atoms with van der Waals surface area (Å²) in [5, 5.41) is 46.0. The van der Waals surface area contributed by atoms with E-state index in [0.717, 1.165) is 0 Å². The van der Waals surface area contributed by atoms with Crippen LogP contribution < -0.4 is 85.1 Å². The van der Waals surface area contributed by atoms with Crippen LogP contribution in [0.3, 0.4) is 0 Å². The van der Waals surface area contributed by atoms with Gasteiger partial charge in [0, 0.05) is 99.7 Å². The molecule has 0 aliphatic rings. The van der Waals surface area contributed by atoms with E-state index in [2.05, 4.69) is 85.1 Å². The molecule has 8 atom stereocenters. The lowest BCUT2D eigenvalue weighted by Gasteiger charge is -2.32. The van der Waals surface area contributed by atoms with Gasteiger partial charge in [-0.15, -0.1) is 0 Å². The number of hydrogen-bond acceptors (Lipinski definition) is 19. The van der Waals surface area contributed by atoms with Gasteiger partial charge in [-0.05, 0) is 230 Å². The highest BCUT2D eigenvalue weighted by Gasteiger charge is 2.42. The zero-order valence-corrected chi connectivity index (χ0v) is 85.3. The number of rotatable bonds is 56. The van der Waals surface area contributed by atoms with Crippen LogP contribution in [0, 0.1) is 47.3 Å². The Morgan fingerprint density at radius 2 is 0.326 bits per heavy atom. The normalized spacial score (nSPS) is 14.4. The summed E-state index contributed by atoms with van der Waals surface area (Å²) in [5.74, 6) is -8.45. The maximum absolute atomic E-state index is 14.0. The Bertz CT molecular complexity index is 3730. The molecule has 35 heteroatoms. The number of nitrogens with one attached hydrogen (secondary N) is 16. The second-order valence-electron chi connectivity index (χ2n) is 42.9. The number of carbonyl (C=O) groups is 17. The standard InChI is InChI=1S/C94H172N16O19/c1-53(2)61(95-78(120)88(22,23)104-71(113)47-39-63(55(5)6)97-80(122)90(26,27)106-73(115)49-41-65(57(9)10)99-82(124)92(30,31)108-75(117)51-43-67(59(13)14)101-84(126)94(34,35)110-85(127)129-86(17,18)19)37-45-69(111)103-87(20,21)77(119)96-62(54(3)4)38-46-70(112)105-89(24,25)79(121)98-64(56(7)8)40-48-72(114)107-91(28,29)81(123)100-66(58(11)12)42-50-74(116)109-93(32,33)83(125)102-68(60(15)16)44-52-76(118)128-36/h53-68H,37-52H2,1-36H3,(H,95,120)(H,96,119)(H,97,122)(H,98,121)(H,99,124)(H,100,123)(H,101,126)(H,102,125)(H,103,111)(H,104,113)(H,105,112)(H,106,115)(H,107,114)(H,108,117)(H,109,116)(H,110,127)/t61-,62-,63-,64-,65-,66-,67-,68-/m1/s1. The van der Waals surface area contributed by atoms with E-state index >= 15 is 0 Å². The minimum atomic E-state index is -1.43. The molecule has 129 heavy (non-hydrogen) atoms. The van der Waals surface area contributed by atoms with Crippen LogP contribution in [-0.2, 0) is 86.2 Å². The monoisotopic (exact) mass is 1830 g/mol. The molecule has 742 valence electrons. The minimum absolute atomic E-state index is 0.00433. The van der Waals surface area contributed by atoms with Crippen LogP contribution >= 0.6 is 0 Å². The molecule has 0 aromatic carbocycles. The molecule has 0 unspecified atom stereocenters. The smallest absolute Gasteiger partial charge is 0.408 e. The number of amides is 16. The van der Waals surface area contributed by atoms with Crippen molar-refractivity contribution in [3.63, 3.8) is 0 Å². The highest BCUT2D eigenvalue weighted by atomic mass is 16.6. The summed E-state index contributed by atoms with van der Waals surface area (Å²) < 4.78 is 10.1. The van der Waals surface area contributed by atoms with Crippen molar-refractivity contribution in [3.8, 4) is 0 Å². The van der Waals surface area contributed by atoms with Crippen LogP contribution in [0.2, 0.25) is 0 Å². The SMILES string of the molecule is COC(=O)CC[C@@H](NC(=O)C(C)(C)NC(=O)CC[C@@H](NC(=O)C(C)(C)NC(=O)CC[C@@H](NC(=O)C(C)(C)NC(=O)CC[C@@H](NC(=O)C(C)(C)NC(=O)CC[C@@H](NC(=O)C(C)(C)NC(=O)CC[C@@H](NC(=O)C(C)(C)NC(=O)CC[C@@H](NC(=O)C(C)(C)NC(=O)CC[C@@H](NC(=O)C(C)(C)NC(=O)OC(C)(C)C)C(C)C)C(C)C)C(C)C)C(C)C)C(C)C)C(C)C)C(C)C)C(C)C. The Balaban J connectivity index is 5.60. The molecule has 0 radical (unpaired) electrons. The van der Waals surface area contributed by atoms with E-state index in [4.69, 9.17) is 9.47 Å². The van der Waals surface area contributed by atoms with Gasteiger partial charge >= 0.3 is 12.1 Å². The van der Waals surface area contributed by atoms with Crippen LogP contribution in [0.1, 0.15) is 345 Å². The third-order valence-electron chi connectivity index (χ3n) is 23.2. The van der Waals surface area contributed by atoms with Crippen molar-refractivity contribution in [2.24, 2.45) is 47.3 Å². The van der Waals surface area contributed by atoms with Crippen LogP contribution in [0.5, 0.6) is 0 Å². The van der Waals surface area contributed by atoms with Crippen LogP contribution in [0.15, 0.2) is 0 Å². The molecule has 0 spiro atoms. The molecule has 0 rings (SSSR count). The molecule has 0 aliphatic heterocycles. The van der Waals surface area contributed by atoms with E-state index in [1.165, 1.54) is 7.11 Å². The zero-order valence-electron chi connectivity index (χ0n) is 85.3. The molecule has 0 aliphatic carbocycles. The first-order chi connectivity index (χ1) is 58.6. The number of methoxy groups -OCH3 is 1. The molecular formula is C94H172N16O19. The topological polar surface area (TPSA) is 501 Å². The Morgan fingerprint density at radius 1 is 0.202 bits per heavy atom. The first kappa shape index (κ1) is 120. The fourth-order valence-electron chi connectivity index (χ4n) is 13.6. The number of carbonyl (C=O) groups excluding carboxylic acids is 17. The van der Waals surface area contributed by atoms with Crippen molar-refractivity contribution >= 4 is 101 Å². The van der Waals surface area contributed by atoms with Gasteiger partial charge in [0.2, 0.25) is 88.6 Å². The third kappa shape index (κ3) is 45.0. The summed E-state index contributed by atoms with van der Waals surface area (Å²) in [6.07, 6.45) is 0.686. The molecule has 0 aromatic heterocycles. The summed E-state index contributed by atoms with van der Waals surface area (Å²) in [7, 11) is 1.30. The lowest BCUT2D eigenvalue weighted by molar-refractivity contribution is -0.141. The van der Waals surface area contributed by atoms with Crippen molar-refractivity contribution in [3.05, 3.63) is 0 Å². The Morgan fingerprint density at radius 3 is 0.442 bits per heavy atom. The number of alkyl carbamates (subject to hydrolysis) is 1. The number of esters is 1. The molecule has 16 N–H and O–H groups in total. The maximum atomic E-state index is 14.0. The second kappa shape index (κ2) is 52.1. The van der Waals surface area contributed by atoms with E-state index < -0.39 is 193 Å². The van der Waals surface area contributed by atoms with Gasteiger partial charge in [-0.1, -0.05) is 111 Å². The van der Waals surface area contributed by atoms with Gasteiger partial charge in [-0.2, -0.15) is 0 Å². The number of hydrogen-bond donors (Lipinski definition) is 16. The van der Waals surface area contributed by atoms with Crippen LogP contribution in [-0.4, -0.2) is 206 Å². The Kier molecular flexibility index (Phi) is 48.4. The van der Waals surface area contributed by atoms with Crippen LogP contribution in [0.4, 0.5) is 4.79 Å². The Labute approximate surface area is 770 Å². The Hall–Kier alpha value is -9.21. The van der Waals surface area contributed by atoms with Gasteiger partial charge in [0.1, 0.15) is 49.9 Å². The van der Waals surface area contributed by atoms with Crippen molar-refractivity contribution in [1.29, 1.82) is 0 Å². The molecule has 0 fully saturated rings. The average Bonchev–Trinajstić information content (AvgIpc) is 0.832. The zero-order chi connectivity index (χ0) is 101. The predicted octanol–water partition coefficient (Wildman–Crippen LogP) is 8.09. The molecule has 0 bridgehead atoms. The summed E-state index contributed by atoms with van der Waals surface area (Å²) in [5.41, 5.74) is -11.9. The van der Waals surface area contributed by atoms with Crippen molar-refractivity contribution in [2.75, 3.05) is 7.11 Å². The molecule has 0 saturated carbocycles. The average molecular weight is 1830 g/mol. The second-order valence-corrected chi connectivity index (χ2v) is 42.9. The first-order valence-electron chi connectivity index (χ1n) is 46.3. The number of ether oxygens (including phenoxy) is 2. The minimum Gasteiger partial charge on any atom is -0.469 e. The molecule has 16 amide bonds. The third-order valence-corrected chi connectivity index (χ3v) is 23.2. The summed E-state index contributed by atoms with van der Waals surface area (Å²) in [4.78, 5) is 229. The van der Waals surface area contributed by atoms with Crippen molar-refractivity contribution in [1.82, 2.24) is 85.1 Å². The molecule has 0 saturated heterocycles. The predicted molar refractivity (Wildman–Crippen MR) is 499 cm³/mol. The van der Waals surface area contributed by atoms with Gasteiger partial charge < -0.3 is 94.5 Å². The summed E-state index contributed by atoms with van der Waals surface area (Å²) in [6, 6.07) is -3.91. The van der Waals surface area contributed by atoms with Gasteiger partial charge in [0.25, 0.3) is 0 Å². The molecule has 35 nitrogen and oxygen atoms in total. The van der Waals surface area contributed by atoms with Crippen molar-refractivity contribution < 1.29 is 91.0 Å². The fraction of sp³-hybridized carbons (Fsp3) is 0.819. The molecule has 0 aromatic rings. The lowest BCUT2D eigenvalue weighted by Crippen LogP contribution is -2.59. The van der Waals surface area contributed by atoms with Crippen LogP contribution in [0.25, 0.3) is 0 Å². The van der Waals surface area contributed by atoms with E-state index in [-0.39, 0.29) is 150 Å². The highest BCUT2D eigenvalue weighted by Crippen LogP contribution is 2.24. The van der Waals surface area contributed by atoms with Gasteiger partial charge in [-0.25, -0.2) is 4.79 Å². The van der Waals surface area contributed by atoms with E-state index in [9.17, 15) is 81.5 Å². The van der Waals surface area contributed by atoms with Gasteiger partial charge in [0.15, 0.2) is 0 Å². The van der Waals surface area contributed by atoms with E-state index in [0.29, 0.717) is 6.42 Å². The fourth-order valence-corrected chi connectivity index (χ4v) is 13.6. The first-order valence-corrected chi connectivity index (χ1v) is 46.3. The summed E-state index contributed by atoms with van der Waals surface area (Å²) in [6.45, 7) is 60.2. The summed E-state index contributed by atoms with van der Waals surface area (Å²) >= 11 is 0.